The van der Waals surface area contributed by atoms with Crippen LogP contribution < -0.4 is 5.32 Å². The van der Waals surface area contributed by atoms with Gasteiger partial charge in [0.2, 0.25) is 5.76 Å². The lowest BCUT2D eigenvalue weighted by Crippen LogP contribution is -2.20. The van der Waals surface area contributed by atoms with Crippen LogP contribution in [-0.4, -0.2) is 22.7 Å². The fourth-order valence-corrected chi connectivity index (χ4v) is 1.20. The van der Waals surface area contributed by atoms with Crippen molar-refractivity contribution in [2.45, 2.75) is 0 Å². The largest absolute Gasteiger partial charge is 0.525 e. The second-order valence-corrected chi connectivity index (χ2v) is 3.26. The molecule has 0 fully saturated rings. The maximum Gasteiger partial charge on any atom is 0.525 e. The Balaban J connectivity index is 4.42. The summed E-state index contributed by atoms with van der Waals surface area (Å²) in [6.45, 7) is 0. The Labute approximate surface area is 77.0 Å². The van der Waals surface area contributed by atoms with E-state index in [1.54, 1.807) is 0 Å². The van der Waals surface area contributed by atoms with Crippen LogP contribution in [0.1, 0.15) is 0 Å². The third-order valence-electron chi connectivity index (χ3n) is 0.767. The van der Waals surface area contributed by atoms with Crippen molar-refractivity contribution in [3.05, 3.63) is 10.7 Å². The monoisotopic (exact) mass is 259 g/mol. The molecule has 0 saturated heterocycles. The number of hydrogen-bond acceptors (Lipinski definition) is 3. The predicted octanol–water partition coefficient (Wildman–Crippen LogP) is 0.0780. The number of phosphoric ester groups is 1. The van der Waals surface area contributed by atoms with Crippen LogP contribution in [0.4, 0.5) is 0 Å². The lowest BCUT2D eigenvalue weighted by atomic mass is 10.5. The number of hydrogen-bond donors (Lipinski definition) is 3. The van der Waals surface area contributed by atoms with Gasteiger partial charge in [0.15, 0.2) is 0 Å². The minimum absolute atomic E-state index is 0.481. The van der Waals surface area contributed by atoms with E-state index in [2.05, 4.69) is 25.8 Å². The molecule has 70 valence electrons. The molecule has 0 saturated carbocycles. The van der Waals surface area contributed by atoms with Crippen LogP contribution in [0.5, 0.6) is 0 Å². The smallest absolute Gasteiger partial charge is 0.398 e. The van der Waals surface area contributed by atoms with Gasteiger partial charge in [0.1, 0.15) is 0 Å². The average molecular weight is 260 g/mol. The van der Waals surface area contributed by atoms with Crippen LogP contribution in [0.2, 0.25) is 0 Å². The Kier molecular flexibility index (Phi) is 4.47. The van der Waals surface area contributed by atoms with E-state index < -0.39 is 19.5 Å². The van der Waals surface area contributed by atoms with Crippen molar-refractivity contribution in [2.24, 2.45) is 0 Å². The molecular formula is C4H7BrNO5P. The number of carbonyl (C=O) groups excluding carboxylic acids is 1. The number of likely N-dealkylation sites (N-methyl/N-ethyl adjacent to an activating group) is 1. The van der Waals surface area contributed by atoms with Crippen LogP contribution in [-0.2, 0) is 13.9 Å². The van der Waals surface area contributed by atoms with Gasteiger partial charge in [-0.15, -0.1) is 0 Å². The topological polar surface area (TPSA) is 95.9 Å². The van der Waals surface area contributed by atoms with E-state index in [0.717, 1.165) is 4.99 Å². The van der Waals surface area contributed by atoms with Gasteiger partial charge in [-0.3, -0.25) is 14.6 Å². The maximum absolute atomic E-state index is 10.7. The molecule has 0 aliphatic rings. The van der Waals surface area contributed by atoms with Gasteiger partial charge in [-0.25, -0.2) is 4.57 Å². The summed E-state index contributed by atoms with van der Waals surface area (Å²) in [6, 6.07) is 0. The summed E-state index contributed by atoms with van der Waals surface area (Å²) in [6.07, 6.45) is 0. The molecule has 1 amide bonds. The highest BCUT2D eigenvalue weighted by Gasteiger charge is 2.21. The molecule has 12 heavy (non-hydrogen) atoms. The van der Waals surface area contributed by atoms with Gasteiger partial charge in [0, 0.05) is 12.0 Å². The number of rotatable bonds is 3. The zero-order valence-electron chi connectivity index (χ0n) is 6.02. The van der Waals surface area contributed by atoms with Crippen molar-refractivity contribution in [3.63, 3.8) is 0 Å². The van der Waals surface area contributed by atoms with Crippen LogP contribution in [0.25, 0.3) is 0 Å². The van der Waals surface area contributed by atoms with Crippen LogP contribution in [0, 0.1) is 0 Å². The van der Waals surface area contributed by atoms with Crippen molar-refractivity contribution in [3.8, 4) is 0 Å². The highest BCUT2D eigenvalue weighted by Crippen LogP contribution is 2.39. The van der Waals surface area contributed by atoms with Crippen molar-refractivity contribution in [1.82, 2.24) is 5.32 Å². The van der Waals surface area contributed by atoms with Gasteiger partial charge in [0.25, 0.3) is 5.91 Å². The summed E-state index contributed by atoms with van der Waals surface area (Å²) in [4.78, 5) is 28.3. The summed E-state index contributed by atoms with van der Waals surface area (Å²) in [5.74, 6) is -1.21. The Bertz CT molecular complexity index is 246. The Morgan fingerprint density at radius 2 is 2.17 bits per heavy atom. The molecule has 8 heteroatoms. The number of halogens is 1. The van der Waals surface area contributed by atoms with Crippen LogP contribution in [0.15, 0.2) is 10.7 Å². The van der Waals surface area contributed by atoms with E-state index in [9.17, 15) is 9.36 Å². The average Bonchev–Trinajstić information content (AvgIpc) is 1.97. The van der Waals surface area contributed by atoms with Crippen molar-refractivity contribution in [1.29, 1.82) is 0 Å². The highest BCUT2D eigenvalue weighted by molar-refractivity contribution is 9.11. The molecule has 0 spiro atoms. The van der Waals surface area contributed by atoms with E-state index in [4.69, 9.17) is 9.79 Å². The molecule has 0 aromatic heterocycles. The molecule has 0 rings (SSSR count). The highest BCUT2D eigenvalue weighted by atomic mass is 79.9. The Morgan fingerprint density at radius 3 is 2.42 bits per heavy atom. The first-order valence-electron chi connectivity index (χ1n) is 2.68. The fraction of sp³-hybridized carbons (Fsp3) is 0.250. The molecule has 0 heterocycles. The maximum atomic E-state index is 10.7. The van der Waals surface area contributed by atoms with Gasteiger partial charge in [0.05, 0.1) is 0 Å². The summed E-state index contributed by atoms with van der Waals surface area (Å²) < 4.78 is 14.3. The van der Waals surface area contributed by atoms with Gasteiger partial charge >= 0.3 is 7.82 Å². The van der Waals surface area contributed by atoms with Crippen LogP contribution in [0.3, 0.4) is 0 Å². The third kappa shape index (κ3) is 4.50. The van der Waals surface area contributed by atoms with E-state index >= 15 is 0 Å². The third-order valence-corrected chi connectivity index (χ3v) is 1.62. The molecule has 0 aliphatic heterocycles. The van der Waals surface area contributed by atoms with Gasteiger partial charge < -0.3 is 9.84 Å². The predicted molar refractivity (Wildman–Crippen MR) is 44.2 cm³/mol. The standard InChI is InChI=1S/C4H7BrNO5P/c1-6-4(7)3(2-5)11-12(8,9)10/h2H,1H3,(H,6,7)(H2,8,9,10). The minimum atomic E-state index is -4.66. The zero-order chi connectivity index (χ0) is 9.78. The zero-order valence-corrected chi connectivity index (χ0v) is 8.50. The Morgan fingerprint density at radius 1 is 1.67 bits per heavy atom. The SMILES string of the molecule is CNC(=O)C(=CBr)OP(=O)(O)O. The second-order valence-electron chi connectivity index (χ2n) is 1.63. The first-order valence-corrected chi connectivity index (χ1v) is 5.13. The number of phosphoric acid groups is 1. The fourth-order valence-electron chi connectivity index (χ4n) is 0.362. The van der Waals surface area contributed by atoms with E-state index in [1.165, 1.54) is 7.05 Å². The first kappa shape index (κ1) is 11.6. The summed E-state index contributed by atoms with van der Waals surface area (Å²) in [5, 5.41) is 2.13. The molecule has 0 aromatic rings. The summed E-state index contributed by atoms with van der Waals surface area (Å²) in [5.41, 5.74) is 0. The molecule has 3 N–H and O–H groups in total. The first-order chi connectivity index (χ1) is 5.40. The quantitative estimate of drug-likeness (QED) is 0.379. The number of carbonyl (C=O) groups is 1. The molecular weight excluding hydrogens is 253 g/mol. The van der Waals surface area contributed by atoms with E-state index in [-0.39, 0.29) is 0 Å². The van der Waals surface area contributed by atoms with Crippen molar-refractivity contribution < 1.29 is 23.7 Å². The normalized spacial score (nSPS) is 12.5. The summed E-state index contributed by atoms with van der Waals surface area (Å²) in [7, 11) is -3.36. The number of amides is 1. The lowest BCUT2D eigenvalue weighted by Gasteiger charge is -2.07. The molecule has 0 bridgehead atoms. The number of nitrogens with one attached hydrogen (secondary N) is 1. The molecule has 0 radical (unpaired) electrons. The molecule has 0 aromatic carbocycles. The Hall–Kier alpha value is -0.360. The van der Waals surface area contributed by atoms with Crippen molar-refractivity contribution in [2.75, 3.05) is 7.05 Å². The van der Waals surface area contributed by atoms with Gasteiger partial charge in [-0.1, -0.05) is 15.9 Å². The molecule has 0 aliphatic carbocycles. The van der Waals surface area contributed by atoms with E-state index in [1.807, 2.05) is 0 Å². The van der Waals surface area contributed by atoms with Crippen molar-refractivity contribution >= 4 is 29.7 Å². The summed E-state index contributed by atoms with van der Waals surface area (Å²) >= 11 is 2.72. The molecule has 0 unspecified atom stereocenters. The second kappa shape index (κ2) is 4.61. The molecule has 0 atom stereocenters. The lowest BCUT2D eigenvalue weighted by molar-refractivity contribution is -0.119. The minimum Gasteiger partial charge on any atom is -0.398 e. The van der Waals surface area contributed by atoms with E-state index in [0.29, 0.717) is 0 Å². The van der Waals surface area contributed by atoms with Gasteiger partial charge in [-0.05, 0) is 0 Å². The van der Waals surface area contributed by atoms with Gasteiger partial charge in [-0.2, -0.15) is 0 Å². The van der Waals surface area contributed by atoms with Crippen LogP contribution >= 0.6 is 23.8 Å². The molecule has 6 nitrogen and oxygen atoms in total.